The molecule has 0 aliphatic carbocycles. The maximum absolute atomic E-state index is 12.8. The fraction of sp³-hybridized carbons (Fsp3) is 0.847. The monoisotopic (exact) mass is 913 g/mol. The van der Waals surface area contributed by atoms with E-state index in [2.05, 4.69) is 57.2 Å². The van der Waals surface area contributed by atoms with Crippen molar-refractivity contribution in [2.75, 3.05) is 13.2 Å². The van der Waals surface area contributed by atoms with Crippen LogP contribution in [-0.4, -0.2) is 37.2 Å². The lowest BCUT2D eigenvalue weighted by Crippen LogP contribution is -2.30. The van der Waals surface area contributed by atoms with Gasteiger partial charge in [0.15, 0.2) is 6.10 Å². The summed E-state index contributed by atoms with van der Waals surface area (Å²) < 4.78 is 16.8. The Labute approximate surface area is 404 Å². The molecule has 0 aliphatic rings. The number of carbonyl (C=O) groups excluding carboxylic acids is 3. The molecule has 0 fully saturated rings. The topological polar surface area (TPSA) is 78.9 Å². The van der Waals surface area contributed by atoms with Gasteiger partial charge in [0, 0.05) is 19.3 Å². The van der Waals surface area contributed by atoms with Gasteiger partial charge in [-0.3, -0.25) is 14.4 Å². The number of allylic oxidation sites excluding steroid dienone is 6. The van der Waals surface area contributed by atoms with Crippen LogP contribution in [-0.2, 0) is 28.6 Å². The van der Waals surface area contributed by atoms with E-state index in [-0.39, 0.29) is 31.1 Å². The number of ether oxygens (including phenoxy) is 3. The smallest absolute Gasteiger partial charge is 0.306 e. The molecule has 380 valence electrons. The van der Waals surface area contributed by atoms with Gasteiger partial charge < -0.3 is 14.2 Å². The summed E-state index contributed by atoms with van der Waals surface area (Å²) in [6.07, 6.45) is 64.2. The first kappa shape index (κ1) is 62.6. The van der Waals surface area contributed by atoms with Crippen LogP contribution >= 0.6 is 0 Å². The van der Waals surface area contributed by atoms with Gasteiger partial charge in [0.05, 0.1) is 0 Å². The first-order valence-corrected chi connectivity index (χ1v) is 28.5. The summed E-state index contributed by atoms with van der Waals surface area (Å²) in [6.45, 7) is 6.63. The van der Waals surface area contributed by atoms with Gasteiger partial charge in [-0.15, -0.1) is 0 Å². The molecule has 0 aromatic carbocycles. The third-order valence-electron chi connectivity index (χ3n) is 12.6. The predicted molar refractivity (Wildman–Crippen MR) is 279 cm³/mol. The molecule has 1 atom stereocenters. The van der Waals surface area contributed by atoms with Crippen LogP contribution in [0.2, 0.25) is 0 Å². The van der Waals surface area contributed by atoms with Gasteiger partial charge in [0.2, 0.25) is 0 Å². The summed E-state index contributed by atoms with van der Waals surface area (Å²) in [4.78, 5) is 38.1. The molecule has 0 radical (unpaired) electrons. The molecule has 0 saturated heterocycles. The Hall–Kier alpha value is -2.37. The highest BCUT2D eigenvalue weighted by atomic mass is 16.6. The summed E-state index contributed by atoms with van der Waals surface area (Å²) >= 11 is 0. The summed E-state index contributed by atoms with van der Waals surface area (Å²) in [5.41, 5.74) is 0. The molecule has 0 aromatic heterocycles. The zero-order chi connectivity index (χ0) is 47.2. The number of rotatable bonds is 52. The second kappa shape index (κ2) is 54.2. The van der Waals surface area contributed by atoms with Crippen molar-refractivity contribution in [3.63, 3.8) is 0 Å². The average molecular weight is 914 g/mol. The van der Waals surface area contributed by atoms with Crippen LogP contribution in [0.4, 0.5) is 0 Å². The van der Waals surface area contributed by atoms with Crippen LogP contribution in [0.15, 0.2) is 36.5 Å². The lowest BCUT2D eigenvalue weighted by atomic mass is 10.0. The van der Waals surface area contributed by atoms with E-state index in [1.54, 1.807) is 0 Å². The van der Waals surface area contributed by atoms with Crippen LogP contribution < -0.4 is 0 Å². The fourth-order valence-corrected chi connectivity index (χ4v) is 8.31. The summed E-state index contributed by atoms with van der Waals surface area (Å²) in [6, 6.07) is 0. The molecule has 0 heterocycles. The van der Waals surface area contributed by atoms with E-state index in [0.29, 0.717) is 19.3 Å². The number of carbonyl (C=O) groups is 3. The fourth-order valence-electron chi connectivity index (χ4n) is 8.31. The van der Waals surface area contributed by atoms with Gasteiger partial charge in [-0.25, -0.2) is 0 Å². The summed E-state index contributed by atoms with van der Waals surface area (Å²) in [5.74, 6) is -0.886. The molecular formula is C59H108O6. The molecule has 65 heavy (non-hydrogen) atoms. The lowest BCUT2D eigenvalue weighted by Gasteiger charge is -2.18. The van der Waals surface area contributed by atoms with Gasteiger partial charge in [-0.05, 0) is 70.6 Å². The van der Waals surface area contributed by atoms with Gasteiger partial charge in [-0.1, -0.05) is 250 Å². The van der Waals surface area contributed by atoms with E-state index in [9.17, 15) is 14.4 Å². The number of hydrogen-bond acceptors (Lipinski definition) is 6. The highest BCUT2D eigenvalue weighted by molar-refractivity contribution is 5.71. The predicted octanol–water partition coefficient (Wildman–Crippen LogP) is 18.9. The van der Waals surface area contributed by atoms with Crippen molar-refractivity contribution < 1.29 is 28.6 Å². The summed E-state index contributed by atoms with van der Waals surface area (Å²) in [5, 5.41) is 0. The van der Waals surface area contributed by atoms with Gasteiger partial charge in [-0.2, -0.15) is 0 Å². The first-order valence-electron chi connectivity index (χ1n) is 28.5. The zero-order valence-electron chi connectivity index (χ0n) is 43.5. The molecule has 0 saturated carbocycles. The first-order chi connectivity index (χ1) is 32.0. The van der Waals surface area contributed by atoms with Crippen molar-refractivity contribution in [2.24, 2.45) is 0 Å². The zero-order valence-corrected chi connectivity index (χ0v) is 43.5. The number of unbranched alkanes of at least 4 members (excludes halogenated alkanes) is 36. The number of hydrogen-bond donors (Lipinski definition) is 0. The third kappa shape index (κ3) is 52.5. The number of esters is 3. The van der Waals surface area contributed by atoms with Gasteiger partial charge in [0.25, 0.3) is 0 Å². The minimum absolute atomic E-state index is 0.0784. The van der Waals surface area contributed by atoms with E-state index >= 15 is 0 Å². The van der Waals surface area contributed by atoms with Gasteiger partial charge >= 0.3 is 17.9 Å². The van der Waals surface area contributed by atoms with Crippen molar-refractivity contribution in [3.8, 4) is 0 Å². The normalized spacial score (nSPS) is 12.2. The van der Waals surface area contributed by atoms with Crippen molar-refractivity contribution in [3.05, 3.63) is 36.5 Å². The van der Waals surface area contributed by atoms with E-state index < -0.39 is 6.10 Å². The van der Waals surface area contributed by atoms with Crippen LogP contribution in [0.25, 0.3) is 0 Å². The molecule has 6 heteroatoms. The Kier molecular flexibility index (Phi) is 52.3. The molecule has 1 unspecified atom stereocenters. The summed E-state index contributed by atoms with van der Waals surface area (Å²) in [7, 11) is 0. The second-order valence-electron chi connectivity index (χ2n) is 19.2. The minimum atomic E-state index is -0.778. The third-order valence-corrected chi connectivity index (χ3v) is 12.6. The Balaban J connectivity index is 4.35. The molecule has 0 bridgehead atoms. The second-order valence-corrected chi connectivity index (χ2v) is 19.2. The van der Waals surface area contributed by atoms with E-state index in [1.807, 2.05) is 0 Å². The molecule has 0 aliphatic heterocycles. The Bertz CT molecular complexity index is 1090. The molecule has 0 amide bonds. The van der Waals surface area contributed by atoms with Crippen molar-refractivity contribution in [1.82, 2.24) is 0 Å². The molecule has 0 N–H and O–H groups in total. The van der Waals surface area contributed by atoms with E-state index in [4.69, 9.17) is 14.2 Å². The molecule has 0 spiro atoms. The Morgan fingerprint density at radius 3 is 0.892 bits per heavy atom. The van der Waals surface area contributed by atoms with Crippen LogP contribution in [0, 0.1) is 0 Å². The lowest BCUT2D eigenvalue weighted by molar-refractivity contribution is -0.167. The largest absolute Gasteiger partial charge is 0.462 e. The van der Waals surface area contributed by atoms with Crippen LogP contribution in [0.3, 0.4) is 0 Å². The highest BCUT2D eigenvalue weighted by Gasteiger charge is 2.19. The van der Waals surface area contributed by atoms with E-state index in [1.165, 1.54) is 180 Å². The molecular weight excluding hydrogens is 805 g/mol. The molecule has 0 rings (SSSR count). The maximum Gasteiger partial charge on any atom is 0.306 e. The van der Waals surface area contributed by atoms with E-state index in [0.717, 1.165) is 83.5 Å². The van der Waals surface area contributed by atoms with Crippen molar-refractivity contribution in [2.45, 2.75) is 309 Å². The Morgan fingerprint density at radius 2 is 0.554 bits per heavy atom. The Morgan fingerprint density at radius 1 is 0.308 bits per heavy atom. The maximum atomic E-state index is 12.8. The standard InChI is InChI=1S/C59H108O6/c1-4-7-10-13-16-19-22-25-27-29-31-32-34-37-40-43-46-49-52-58(61)64-55-56(54-63-57(60)51-48-45-42-39-36-24-21-18-15-12-9-6-3)65-59(62)53-50-47-44-41-38-35-33-30-28-26-23-20-17-14-11-8-5-2/h18,21,27,29,31-32,56H,4-17,19-20,22-26,28,30,33-55H2,1-3H3/b21-18-,29-27-,32-31-. The van der Waals surface area contributed by atoms with Crippen LogP contribution in [0.1, 0.15) is 303 Å². The van der Waals surface area contributed by atoms with Crippen molar-refractivity contribution in [1.29, 1.82) is 0 Å². The minimum Gasteiger partial charge on any atom is -0.462 e. The SMILES string of the molecule is CCCCC/C=C\CCCCCCCC(=O)OCC(COC(=O)CCCCCCC/C=C\C=C/CCCCCCCCC)OC(=O)CCCCCCCCCCCCCCCCCCC. The van der Waals surface area contributed by atoms with Gasteiger partial charge in [0.1, 0.15) is 13.2 Å². The molecule has 0 aromatic rings. The highest BCUT2D eigenvalue weighted by Crippen LogP contribution is 2.16. The van der Waals surface area contributed by atoms with Crippen LogP contribution in [0.5, 0.6) is 0 Å². The van der Waals surface area contributed by atoms with Crippen molar-refractivity contribution >= 4 is 17.9 Å². The quantitative estimate of drug-likeness (QED) is 0.0199. The average Bonchev–Trinajstić information content (AvgIpc) is 3.30. The molecule has 6 nitrogen and oxygen atoms in total.